The van der Waals surface area contributed by atoms with Gasteiger partial charge in [0.05, 0.1) is 18.4 Å². The first-order valence-electron chi connectivity index (χ1n) is 8.85. The number of carbonyl (C=O) groups excluding carboxylic acids is 4. The van der Waals surface area contributed by atoms with Crippen molar-refractivity contribution in [2.45, 2.75) is 43.8 Å². The second-order valence-corrected chi connectivity index (χ2v) is 6.74. The summed E-state index contributed by atoms with van der Waals surface area (Å²) in [5.74, 6) is -0.983. The van der Waals surface area contributed by atoms with Crippen molar-refractivity contribution >= 4 is 23.8 Å². The lowest BCUT2D eigenvalue weighted by atomic mass is 10.1. The van der Waals surface area contributed by atoms with Crippen LogP contribution in [0.4, 0.5) is 4.79 Å². The molecule has 27 heavy (non-hydrogen) atoms. The van der Waals surface area contributed by atoms with Gasteiger partial charge in [-0.1, -0.05) is 0 Å². The number of rotatable bonds is 6. The number of hydrogen-bond acceptors (Lipinski definition) is 6. The van der Waals surface area contributed by atoms with Crippen LogP contribution in [0, 0.1) is 0 Å². The minimum absolute atomic E-state index is 0.0917. The third-order valence-corrected chi connectivity index (χ3v) is 4.69. The van der Waals surface area contributed by atoms with E-state index in [4.69, 9.17) is 5.73 Å². The fraction of sp³-hybridized carbons (Fsp3) is 0.562. The van der Waals surface area contributed by atoms with Crippen LogP contribution < -0.4 is 21.7 Å². The zero-order chi connectivity index (χ0) is 19.4. The zero-order valence-corrected chi connectivity index (χ0v) is 14.7. The minimum Gasteiger partial charge on any atom is -0.352 e. The average Bonchev–Trinajstić information content (AvgIpc) is 3.29. The first-order chi connectivity index (χ1) is 12.9. The van der Waals surface area contributed by atoms with Crippen molar-refractivity contribution in [3.05, 3.63) is 18.2 Å². The molecule has 0 radical (unpaired) electrons. The number of nitrogens with two attached hydrogens (primary N) is 1. The lowest BCUT2D eigenvalue weighted by Crippen LogP contribution is -2.57. The minimum atomic E-state index is -0.764. The highest BCUT2D eigenvalue weighted by atomic mass is 16.2. The van der Waals surface area contributed by atoms with Crippen molar-refractivity contribution in [3.8, 4) is 0 Å². The normalized spacial score (nSPS) is 23.5. The van der Waals surface area contributed by atoms with Crippen molar-refractivity contribution in [2.24, 2.45) is 5.73 Å². The van der Waals surface area contributed by atoms with E-state index in [2.05, 4.69) is 25.9 Å². The standard InChI is InChI=1S/C16H23N7O4/c17-11(4-9-6-18-8-20-9)15(26)23-3-1-2-12(23)14(25)19-7-10-5-13(24)22-16(27)21-10/h6,8,10-12H,1-5,7,17H2,(H,18,20)(H,19,25)(H2,21,22,24,27)/t10?,11-,12-/m0/s1. The molecule has 11 heteroatoms. The molecule has 3 heterocycles. The summed E-state index contributed by atoms with van der Waals surface area (Å²) in [5.41, 5.74) is 6.76. The van der Waals surface area contributed by atoms with Crippen LogP contribution in [-0.4, -0.2) is 69.8 Å². The average molecular weight is 377 g/mol. The maximum Gasteiger partial charge on any atom is 0.321 e. The molecule has 1 aromatic heterocycles. The van der Waals surface area contributed by atoms with E-state index < -0.39 is 24.2 Å². The van der Waals surface area contributed by atoms with Crippen molar-refractivity contribution in [1.29, 1.82) is 0 Å². The Morgan fingerprint density at radius 2 is 2.22 bits per heavy atom. The van der Waals surface area contributed by atoms with E-state index in [0.717, 1.165) is 5.69 Å². The van der Waals surface area contributed by atoms with Crippen LogP contribution in [0.15, 0.2) is 12.5 Å². The Kier molecular flexibility index (Phi) is 5.69. The summed E-state index contributed by atoms with van der Waals surface area (Å²) < 4.78 is 0. The van der Waals surface area contributed by atoms with Gasteiger partial charge in [-0.15, -0.1) is 0 Å². The van der Waals surface area contributed by atoms with E-state index >= 15 is 0 Å². The van der Waals surface area contributed by atoms with Gasteiger partial charge in [0, 0.05) is 37.8 Å². The lowest BCUT2D eigenvalue weighted by molar-refractivity contribution is -0.139. The maximum absolute atomic E-state index is 12.7. The predicted molar refractivity (Wildman–Crippen MR) is 93.1 cm³/mol. The Morgan fingerprint density at radius 1 is 1.41 bits per heavy atom. The molecule has 1 aromatic rings. The number of urea groups is 1. The van der Waals surface area contributed by atoms with Gasteiger partial charge >= 0.3 is 6.03 Å². The quantitative estimate of drug-likeness (QED) is 0.384. The first-order valence-corrected chi connectivity index (χ1v) is 8.85. The van der Waals surface area contributed by atoms with Crippen molar-refractivity contribution < 1.29 is 19.2 Å². The number of imide groups is 1. The summed E-state index contributed by atoms with van der Waals surface area (Å²) in [6.45, 7) is 0.590. The van der Waals surface area contributed by atoms with E-state index in [9.17, 15) is 19.2 Å². The van der Waals surface area contributed by atoms with Gasteiger partial charge in [0.1, 0.15) is 6.04 Å². The topological polar surface area (TPSA) is 162 Å². The van der Waals surface area contributed by atoms with Gasteiger partial charge in [0.2, 0.25) is 17.7 Å². The molecule has 2 saturated heterocycles. The van der Waals surface area contributed by atoms with Gasteiger partial charge < -0.3 is 26.3 Å². The molecule has 2 aliphatic heterocycles. The number of hydrogen-bond donors (Lipinski definition) is 5. The smallest absolute Gasteiger partial charge is 0.321 e. The number of nitrogens with one attached hydrogen (secondary N) is 4. The Bertz CT molecular complexity index is 704. The molecule has 2 fully saturated rings. The monoisotopic (exact) mass is 377 g/mol. The number of amides is 5. The van der Waals surface area contributed by atoms with E-state index in [1.807, 2.05) is 0 Å². The van der Waals surface area contributed by atoms with Crippen LogP contribution in [0.5, 0.6) is 0 Å². The van der Waals surface area contributed by atoms with Gasteiger partial charge in [0.25, 0.3) is 0 Å². The first kappa shape index (κ1) is 18.8. The SMILES string of the molecule is N[C@@H](Cc1cnc[nH]1)C(=O)N1CCC[C@H]1C(=O)NCC1CC(=O)NC(=O)N1. The molecule has 3 atom stereocenters. The summed E-state index contributed by atoms with van der Waals surface area (Å²) in [5, 5.41) is 7.42. The highest BCUT2D eigenvalue weighted by Crippen LogP contribution is 2.19. The van der Waals surface area contributed by atoms with Crippen LogP contribution in [0.25, 0.3) is 0 Å². The Hall–Kier alpha value is -2.95. The predicted octanol–water partition coefficient (Wildman–Crippen LogP) is -2.02. The van der Waals surface area contributed by atoms with Gasteiger partial charge in [-0.05, 0) is 12.8 Å². The van der Waals surface area contributed by atoms with E-state index in [0.29, 0.717) is 25.8 Å². The largest absolute Gasteiger partial charge is 0.352 e. The summed E-state index contributed by atoms with van der Waals surface area (Å²) in [6, 6.07) is -2.41. The molecule has 146 valence electrons. The van der Waals surface area contributed by atoms with Gasteiger partial charge in [0.15, 0.2) is 0 Å². The van der Waals surface area contributed by atoms with Gasteiger partial charge in [-0.25, -0.2) is 9.78 Å². The van der Waals surface area contributed by atoms with Crippen LogP contribution in [0.2, 0.25) is 0 Å². The molecule has 3 rings (SSSR count). The Morgan fingerprint density at radius 3 is 2.93 bits per heavy atom. The van der Waals surface area contributed by atoms with Crippen LogP contribution in [0.1, 0.15) is 25.0 Å². The maximum atomic E-state index is 12.7. The molecule has 0 aromatic carbocycles. The number of H-pyrrole nitrogens is 1. The van der Waals surface area contributed by atoms with Crippen LogP contribution >= 0.6 is 0 Å². The molecule has 1 unspecified atom stereocenters. The van der Waals surface area contributed by atoms with Crippen molar-refractivity contribution in [1.82, 2.24) is 30.8 Å². The number of aromatic amines is 1. The third kappa shape index (κ3) is 4.61. The highest BCUT2D eigenvalue weighted by Gasteiger charge is 2.36. The number of aromatic nitrogens is 2. The van der Waals surface area contributed by atoms with Crippen molar-refractivity contribution in [3.63, 3.8) is 0 Å². The molecule has 0 spiro atoms. The van der Waals surface area contributed by atoms with Crippen LogP contribution in [-0.2, 0) is 20.8 Å². The fourth-order valence-corrected chi connectivity index (χ4v) is 3.38. The van der Waals surface area contributed by atoms with Crippen molar-refractivity contribution in [2.75, 3.05) is 13.1 Å². The summed E-state index contributed by atoms with van der Waals surface area (Å²) in [6.07, 6.45) is 4.79. The molecule has 6 N–H and O–H groups in total. The second kappa shape index (κ2) is 8.16. The van der Waals surface area contributed by atoms with Gasteiger partial charge in [-0.2, -0.15) is 0 Å². The summed E-state index contributed by atoms with van der Waals surface area (Å²) in [4.78, 5) is 56.2. The van der Waals surface area contributed by atoms with E-state index in [1.165, 1.54) is 11.2 Å². The highest BCUT2D eigenvalue weighted by molar-refractivity contribution is 5.97. The number of likely N-dealkylation sites (tertiary alicyclic amines) is 1. The fourth-order valence-electron chi connectivity index (χ4n) is 3.38. The lowest BCUT2D eigenvalue weighted by Gasteiger charge is -2.28. The number of nitrogens with zero attached hydrogens (tertiary/aromatic N) is 2. The summed E-state index contributed by atoms with van der Waals surface area (Å²) >= 11 is 0. The zero-order valence-electron chi connectivity index (χ0n) is 14.7. The molecular weight excluding hydrogens is 354 g/mol. The van der Waals surface area contributed by atoms with Crippen LogP contribution in [0.3, 0.4) is 0 Å². The Balaban J connectivity index is 1.53. The molecule has 11 nitrogen and oxygen atoms in total. The number of imidazole rings is 1. The molecule has 0 aliphatic carbocycles. The molecule has 0 bridgehead atoms. The van der Waals surface area contributed by atoms with E-state index in [1.54, 1.807) is 6.20 Å². The van der Waals surface area contributed by atoms with E-state index in [-0.39, 0.29) is 30.7 Å². The molecule has 5 amide bonds. The van der Waals surface area contributed by atoms with Gasteiger partial charge in [-0.3, -0.25) is 19.7 Å². The third-order valence-electron chi connectivity index (χ3n) is 4.69. The second-order valence-electron chi connectivity index (χ2n) is 6.74. The molecule has 0 saturated carbocycles. The Labute approximate surface area is 155 Å². The number of carbonyl (C=O) groups is 4. The summed E-state index contributed by atoms with van der Waals surface area (Å²) in [7, 11) is 0. The molecule has 2 aliphatic rings. The molecular formula is C16H23N7O4.